The first kappa shape index (κ1) is 9.44. The number of rotatable bonds is 2. The minimum Gasteiger partial charge on any atom is -0.299 e. The van der Waals surface area contributed by atoms with E-state index >= 15 is 0 Å². The van der Waals surface area contributed by atoms with Crippen LogP contribution in [0.3, 0.4) is 0 Å². The predicted molar refractivity (Wildman–Crippen MR) is 45.5 cm³/mol. The lowest BCUT2D eigenvalue weighted by Gasteiger charge is -2.33. The normalized spacial score (nSPS) is 23.7. The second-order valence-electron chi connectivity index (χ2n) is 2.99. The molecule has 4 N–H and O–H groups in total. The van der Waals surface area contributed by atoms with Crippen molar-refractivity contribution >= 4 is 5.91 Å². The molecule has 70 valence electrons. The van der Waals surface area contributed by atoms with E-state index in [1.54, 1.807) is 10.0 Å². The van der Waals surface area contributed by atoms with E-state index in [9.17, 15) is 4.79 Å². The first-order valence-electron chi connectivity index (χ1n) is 4.18. The summed E-state index contributed by atoms with van der Waals surface area (Å²) in [6, 6.07) is 0. The maximum absolute atomic E-state index is 11.3. The van der Waals surface area contributed by atoms with E-state index in [2.05, 4.69) is 0 Å². The molecular formula is C7H16N4O. The van der Waals surface area contributed by atoms with Crippen LogP contribution in [-0.4, -0.2) is 34.8 Å². The number of hydrazine groups is 1. The van der Waals surface area contributed by atoms with E-state index in [1.165, 1.54) is 0 Å². The van der Waals surface area contributed by atoms with Gasteiger partial charge in [-0.1, -0.05) is 6.92 Å². The molecule has 0 aromatic rings. The lowest BCUT2D eigenvalue weighted by molar-refractivity contribution is -0.139. The Labute approximate surface area is 72.3 Å². The van der Waals surface area contributed by atoms with E-state index in [1.807, 2.05) is 13.8 Å². The van der Waals surface area contributed by atoms with Gasteiger partial charge in [0.2, 0.25) is 5.91 Å². The standard InChI is InChI=1S/C7H16N4O/c1-3-10-6(12)5-7(8,9)11(10)4-2/h3-5,8-9H2,1-2H3. The molecule has 0 aliphatic carbocycles. The van der Waals surface area contributed by atoms with Gasteiger partial charge in [-0.05, 0) is 6.92 Å². The maximum atomic E-state index is 11.3. The third kappa shape index (κ3) is 1.31. The van der Waals surface area contributed by atoms with Crippen molar-refractivity contribution in [2.45, 2.75) is 26.1 Å². The fourth-order valence-electron chi connectivity index (χ4n) is 1.60. The number of hydrogen-bond acceptors (Lipinski definition) is 4. The molecule has 1 fully saturated rings. The number of amides is 1. The van der Waals surface area contributed by atoms with Crippen LogP contribution in [0.15, 0.2) is 0 Å². The van der Waals surface area contributed by atoms with Crippen LogP contribution in [0.5, 0.6) is 0 Å². The Morgan fingerprint density at radius 1 is 1.42 bits per heavy atom. The molecule has 1 rings (SSSR count). The molecule has 0 unspecified atom stereocenters. The van der Waals surface area contributed by atoms with Gasteiger partial charge in [-0.25, -0.2) is 0 Å². The third-order valence-corrected chi connectivity index (χ3v) is 2.09. The first-order chi connectivity index (χ1) is 5.53. The van der Waals surface area contributed by atoms with Crippen molar-refractivity contribution in [3.63, 3.8) is 0 Å². The van der Waals surface area contributed by atoms with E-state index in [0.717, 1.165) is 0 Å². The van der Waals surface area contributed by atoms with Crippen molar-refractivity contribution < 1.29 is 4.79 Å². The molecule has 0 atom stereocenters. The van der Waals surface area contributed by atoms with Crippen LogP contribution >= 0.6 is 0 Å². The Morgan fingerprint density at radius 2 is 2.00 bits per heavy atom. The fraction of sp³-hybridized carbons (Fsp3) is 0.857. The molecule has 0 bridgehead atoms. The zero-order chi connectivity index (χ0) is 9.35. The van der Waals surface area contributed by atoms with Gasteiger partial charge in [-0.2, -0.15) is 5.01 Å². The first-order valence-corrected chi connectivity index (χ1v) is 4.18. The highest BCUT2D eigenvalue weighted by atomic mass is 16.2. The summed E-state index contributed by atoms with van der Waals surface area (Å²) >= 11 is 0. The quantitative estimate of drug-likeness (QED) is 0.526. The summed E-state index contributed by atoms with van der Waals surface area (Å²) in [5.41, 5.74) is 11.5. The number of nitrogens with zero attached hydrogens (tertiary/aromatic N) is 2. The molecule has 1 saturated heterocycles. The number of hydrogen-bond donors (Lipinski definition) is 2. The highest BCUT2D eigenvalue weighted by Gasteiger charge is 2.43. The SMILES string of the molecule is CCN1C(=O)CC(N)(N)N1CC. The third-order valence-electron chi connectivity index (χ3n) is 2.09. The molecule has 0 spiro atoms. The summed E-state index contributed by atoms with van der Waals surface area (Å²) in [5, 5.41) is 3.30. The molecule has 0 saturated carbocycles. The summed E-state index contributed by atoms with van der Waals surface area (Å²) < 4.78 is 0. The van der Waals surface area contributed by atoms with Gasteiger partial charge in [0.15, 0.2) is 0 Å². The number of carbonyl (C=O) groups excluding carboxylic acids is 1. The topological polar surface area (TPSA) is 75.6 Å². The summed E-state index contributed by atoms with van der Waals surface area (Å²) in [4.78, 5) is 11.3. The molecule has 0 radical (unpaired) electrons. The molecule has 1 heterocycles. The maximum Gasteiger partial charge on any atom is 0.241 e. The van der Waals surface area contributed by atoms with E-state index in [-0.39, 0.29) is 12.3 Å². The van der Waals surface area contributed by atoms with Crippen LogP contribution < -0.4 is 11.5 Å². The van der Waals surface area contributed by atoms with Gasteiger partial charge in [-0.3, -0.25) is 21.3 Å². The van der Waals surface area contributed by atoms with Crippen LogP contribution in [0.25, 0.3) is 0 Å². The molecule has 12 heavy (non-hydrogen) atoms. The monoisotopic (exact) mass is 172 g/mol. The molecule has 0 aromatic carbocycles. The average molecular weight is 172 g/mol. The molecule has 1 aliphatic rings. The molecule has 0 aromatic heterocycles. The van der Waals surface area contributed by atoms with E-state index < -0.39 is 5.79 Å². The van der Waals surface area contributed by atoms with Crippen molar-refractivity contribution in [1.29, 1.82) is 0 Å². The van der Waals surface area contributed by atoms with Crippen molar-refractivity contribution in [2.75, 3.05) is 13.1 Å². The lowest BCUT2D eigenvalue weighted by atomic mass is 10.3. The summed E-state index contributed by atoms with van der Waals surface area (Å²) in [7, 11) is 0. The van der Waals surface area contributed by atoms with Crippen LogP contribution in [0.4, 0.5) is 0 Å². The predicted octanol–water partition coefficient (Wildman–Crippen LogP) is -0.953. The number of carbonyl (C=O) groups is 1. The van der Waals surface area contributed by atoms with Gasteiger partial charge in [0.1, 0.15) is 5.79 Å². The largest absolute Gasteiger partial charge is 0.299 e. The van der Waals surface area contributed by atoms with Crippen molar-refractivity contribution in [2.24, 2.45) is 11.5 Å². The fourth-order valence-corrected chi connectivity index (χ4v) is 1.60. The Balaban J connectivity index is 2.83. The van der Waals surface area contributed by atoms with Crippen LogP contribution in [-0.2, 0) is 4.79 Å². The Bertz CT molecular complexity index is 192. The van der Waals surface area contributed by atoms with Gasteiger partial charge in [0, 0.05) is 13.1 Å². The highest BCUT2D eigenvalue weighted by molar-refractivity contribution is 5.78. The summed E-state index contributed by atoms with van der Waals surface area (Å²) in [5.74, 6) is -0.980. The number of nitrogens with two attached hydrogens (primary N) is 2. The zero-order valence-corrected chi connectivity index (χ0v) is 7.58. The molecular weight excluding hydrogens is 156 g/mol. The Morgan fingerprint density at radius 3 is 2.33 bits per heavy atom. The van der Waals surface area contributed by atoms with Gasteiger partial charge in [0.05, 0.1) is 6.42 Å². The van der Waals surface area contributed by atoms with Crippen molar-refractivity contribution in [3.8, 4) is 0 Å². The van der Waals surface area contributed by atoms with E-state index in [0.29, 0.717) is 13.1 Å². The van der Waals surface area contributed by atoms with Crippen molar-refractivity contribution in [3.05, 3.63) is 0 Å². The molecule has 5 nitrogen and oxygen atoms in total. The second kappa shape index (κ2) is 3.01. The van der Waals surface area contributed by atoms with Crippen LogP contribution in [0.2, 0.25) is 0 Å². The highest BCUT2D eigenvalue weighted by Crippen LogP contribution is 2.20. The van der Waals surface area contributed by atoms with Crippen LogP contribution in [0.1, 0.15) is 20.3 Å². The molecule has 1 aliphatic heterocycles. The minimum absolute atomic E-state index is 0.00403. The Hall–Kier alpha value is -0.650. The second-order valence-corrected chi connectivity index (χ2v) is 2.99. The van der Waals surface area contributed by atoms with Gasteiger partial charge >= 0.3 is 0 Å². The summed E-state index contributed by atoms with van der Waals surface area (Å²) in [6.07, 6.45) is 0.203. The zero-order valence-electron chi connectivity index (χ0n) is 7.58. The van der Waals surface area contributed by atoms with Crippen molar-refractivity contribution in [1.82, 2.24) is 10.0 Å². The van der Waals surface area contributed by atoms with Gasteiger partial charge in [0.25, 0.3) is 0 Å². The molecule has 1 amide bonds. The lowest BCUT2D eigenvalue weighted by Crippen LogP contribution is -2.62. The van der Waals surface area contributed by atoms with Gasteiger partial charge in [-0.15, -0.1) is 0 Å². The summed E-state index contributed by atoms with van der Waals surface area (Å²) in [6.45, 7) is 5.12. The minimum atomic E-state index is -0.984. The average Bonchev–Trinajstić information content (AvgIpc) is 2.18. The van der Waals surface area contributed by atoms with Gasteiger partial charge < -0.3 is 0 Å². The van der Waals surface area contributed by atoms with E-state index in [4.69, 9.17) is 11.5 Å². The smallest absolute Gasteiger partial charge is 0.241 e. The Kier molecular flexibility index (Phi) is 2.36. The van der Waals surface area contributed by atoms with Crippen LogP contribution in [0, 0.1) is 0 Å². The molecule has 5 heteroatoms.